The number of oxime groups is 1. The number of benzene rings is 2. The summed E-state index contributed by atoms with van der Waals surface area (Å²) in [7, 11) is -2.77. The number of carbonyl (C=O) groups excluding carboxylic acids is 1. The van der Waals surface area contributed by atoms with Crippen molar-refractivity contribution >= 4 is 44.5 Å². The first kappa shape index (κ1) is 25.3. The van der Waals surface area contributed by atoms with Crippen molar-refractivity contribution in [2.24, 2.45) is 9.52 Å². The van der Waals surface area contributed by atoms with Gasteiger partial charge < -0.3 is 4.84 Å². The first-order valence-corrected chi connectivity index (χ1v) is 12.4. The quantitative estimate of drug-likeness (QED) is 0.435. The van der Waals surface area contributed by atoms with Crippen molar-refractivity contribution in [2.45, 2.75) is 25.1 Å². The van der Waals surface area contributed by atoms with Crippen molar-refractivity contribution in [1.82, 2.24) is 0 Å². The predicted molar refractivity (Wildman–Crippen MR) is 124 cm³/mol. The van der Waals surface area contributed by atoms with Crippen LogP contribution in [0.1, 0.15) is 33.5 Å². The van der Waals surface area contributed by atoms with Crippen LogP contribution in [0.15, 0.2) is 58.6 Å². The van der Waals surface area contributed by atoms with E-state index in [9.17, 15) is 22.2 Å². The molecule has 1 aliphatic heterocycles. The molecule has 3 rings (SSSR count). The highest BCUT2D eigenvalue weighted by atomic mass is 35.5. The topological polar surface area (TPSA) is 68.1 Å². The van der Waals surface area contributed by atoms with E-state index in [0.29, 0.717) is 11.1 Å². The minimum atomic E-state index is -4.82. The van der Waals surface area contributed by atoms with E-state index in [1.165, 1.54) is 36.6 Å². The summed E-state index contributed by atoms with van der Waals surface area (Å²) in [6.45, 7) is 5.09. The smallest absolute Gasteiger partial charge is 0.374 e. The molecule has 1 aliphatic rings. The second kappa shape index (κ2) is 9.12. The molecule has 1 heterocycles. The highest BCUT2D eigenvalue weighted by Crippen LogP contribution is 2.49. The van der Waals surface area contributed by atoms with Crippen LogP contribution in [-0.2, 0) is 20.2 Å². The standard InChI is InChI=1S/C22H19Cl2F3N2O3S/c1-4-7-33(3,31)29-20(30)18-6-5-14(8-13(18)2)19-12-21(32-28-19,22(25,26)27)15-9-16(23)11-17(24)10-15/h4-6,8-11H,1,7,12H2,2-3H3. The minimum Gasteiger partial charge on any atom is -0.374 e. The Balaban J connectivity index is 1.96. The average molecular weight is 519 g/mol. The predicted octanol–water partition coefficient (Wildman–Crippen LogP) is 6.31. The zero-order valence-corrected chi connectivity index (χ0v) is 19.9. The van der Waals surface area contributed by atoms with Gasteiger partial charge in [0.05, 0.1) is 15.4 Å². The lowest BCUT2D eigenvalue weighted by atomic mass is 9.86. The van der Waals surface area contributed by atoms with Crippen LogP contribution >= 0.6 is 23.2 Å². The molecule has 0 fully saturated rings. The Bertz CT molecular complexity index is 1260. The van der Waals surface area contributed by atoms with Gasteiger partial charge in [0.15, 0.2) is 0 Å². The van der Waals surface area contributed by atoms with Gasteiger partial charge in [-0.05, 0) is 48.4 Å². The lowest BCUT2D eigenvalue weighted by Crippen LogP contribution is -2.42. The number of nitrogens with zero attached hydrogens (tertiary/aromatic N) is 2. The SMILES string of the molecule is C=CCS(C)(=O)=NC(=O)c1ccc(C2=NOC(c3cc(Cl)cc(Cl)c3)(C(F)(F)F)C2)cc1C. The Morgan fingerprint density at radius 2 is 1.91 bits per heavy atom. The van der Waals surface area contributed by atoms with Crippen molar-refractivity contribution in [3.8, 4) is 0 Å². The summed E-state index contributed by atoms with van der Waals surface area (Å²) >= 11 is 11.8. The molecule has 0 saturated carbocycles. The molecule has 1 amide bonds. The van der Waals surface area contributed by atoms with Gasteiger partial charge in [0, 0.05) is 39.6 Å². The number of amides is 1. The third-order valence-electron chi connectivity index (χ3n) is 5.01. The molecule has 0 saturated heterocycles. The molecule has 0 aliphatic carbocycles. The van der Waals surface area contributed by atoms with Gasteiger partial charge in [0.25, 0.3) is 11.5 Å². The Morgan fingerprint density at radius 1 is 1.27 bits per heavy atom. The summed E-state index contributed by atoms with van der Waals surface area (Å²) in [6, 6.07) is 7.96. The number of halogens is 5. The van der Waals surface area contributed by atoms with Gasteiger partial charge in [-0.25, -0.2) is 4.21 Å². The van der Waals surface area contributed by atoms with Gasteiger partial charge in [0.2, 0.25) is 0 Å². The molecule has 0 spiro atoms. The van der Waals surface area contributed by atoms with E-state index < -0.39 is 33.8 Å². The van der Waals surface area contributed by atoms with Crippen LogP contribution in [0, 0.1) is 6.92 Å². The second-order valence-electron chi connectivity index (χ2n) is 7.63. The number of aryl methyl sites for hydroxylation is 1. The largest absolute Gasteiger partial charge is 0.435 e. The van der Waals surface area contributed by atoms with Crippen molar-refractivity contribution in [3.05, 3.63) is 81.4 Å². The van der Waals surface area contributed by atoms with Crippen LogP contribution in [-0.4, -0.2) is 34.0 Å². The summed E-state index contributed by atoms with van der Waals surface area (Å²) in [5.41, 5.74) is -2.03. The third-order valence-corrected chi connectivity index (χ3v) is 6.85. The fourth-order valence-electron chi connectivity index (χ4n) is 3.41. The van der Waals surface area contributed by atoms with Gasteiger partial charge in [-0.15, -0.1) is 6.58 Å². The van der Waals surface area contributed by atoms with E-state index in [-0.39, 0.29) is 32.6 Å². The fourth-order valence-corrected chi connectivity index (χ4v) is 4.90. The Hall–Kier alpha value is -2.36. The van der Waals surface area contributed by atoms with Gasteiger partial charge in [0.1, 0.15) is 0 Å². The molecule has 5 nitrogen and oxygen atoms in total. The zero-order valence-electron chi connectivity index (χ0n) is 17.6. The summed E-state index contributed by atoms with van der Waals surface area (Å²) < 4.78 is 58.5. The van der Waals surface area contributed by atoms with Crippen molar-refractivity contribution in [2.75, 3.05) is 12.0 Å². The monoisotopic (exact) mass is 518 g/mol. The first-order valence-electron chi connectivity index (χ1n) is 9.52. The Labute approximate surface area is 199 Å². The van der Waals surface area contributed by atoms with Gasteiger partial charge >= 0.3 is 6.18 Å². The van der Waals surface area contributed by atoms with E-state index in [2.05, 4.69) is 16.1 Å². The van der Waals surface area contributed by atoms with Crippen LogP contribution in [0.25, 0.3) is 0 Å². The Morgan fingerprint density at radius 3 is 2.45 bits per heavy atom. The zero-order chi connectivity index (χ0) is 24.6. The number of hydrogen-bond donors (Lipinski definition) is 0. The highest BCUT2D eigenvalue weighted by Gasteiger charge is 2.62. The molecule has 0 bridgehead atoms. The molecule has 0 radical (unpaired) electrons. The fraction of sp³-hybridized carbons (Fsp3) is 0.273. The first-order chi connectivity index (χ1) is 15.3. The van der Waals surface area contributed by atoms with E-state index in [4.69, 9.17) is 28.0 Å². The molecule has 2 aromatic rings. The maximum Gasteiger partial charge on any atom is 0.435 e. The molecule has 176 valence electrons. The molecule has 2 unspecified atom stereocenters. The van der Waals surface area contributed by atoms with Crippen LogP contribution in [0.3, 0.4) is 0 Å². The third kappa shape index (κ3) is 5.26. The van der Waals surface area contributed by atoms with E-state index in [0.717, 1.165) is 12.1 Å². The molecule has 2 aromatic carbocycles. The summed E-state index contributed by atoms with van der Waals surface area (Å²) in [5, 5.41) is 3.77. The summed E-state index contributed by atoms with van der Waals surface area (Å²) in [6.07, 6.45) is -2.68. The Kier molecular flexibility index (Phi) is 6.98. The lowest BCUT2D eigenvalue weighted by Gasteiger charge is -2.29. The number of alkyl halides is 3. The molecule has 0 aromatic heterocycles. The van der Waals surface area contributed by atoms with Crippen molar-refractivity contribution in [1.29, 1.82) is 0 Å². The minimum absolute atomic E-state index is 0.0320. The van der Waals surface area contributed by atoms with E-state index in [1.54, 1.807) is 6.92 Å². The van der Waals surface area contributed by atoms with E-state index >= 15 is 0 Å². The maximum absolute atomic E-state index is 14.1. The normalized spacial score (nSPS) is 19.9. The number of hydrogen-bond acceptors (Lipinski definition) is 4. The second-order valence-corrected chi connectivity index (χ2v) is 10.9. The van der Waals surface area contributed by atoms with Gasteiger partial charge in [-0.3, -0.25) is 4.79 Å². The molecule has 0 N–H and O–H groups in total. The van der Waals surface area contributed by atoms with Gasteiger partial charge in [-0.1, -0.05) is 40.5 Å². The number of carbonyl (C=O) groups is 1. The van der Waals surface area contributed by atoms with Crippen molar-refractivity contribution < 1.29 is 27.0 Å². The molecular weight excluding hydrogens is 500 g/mol. The van der Waals surface area contributed by atoms with Crippen LogP contribution in [0.5, 0.6) is 0 Å². The molecular formula is C22H19Cl2F3N2O3S. The van der Waals surface area contributed by atoms with Crippen molar-refractivity contribution in [3.63, 3.8) is 0 Å². The molecule has 11 heteroatoms. The summed E-state index contributed by atoms with van der Waals surface area (Å²) in [5.74, 6) is -0.631. The molecule has 33 heavy (non-hydrogen) atoms. The van der Waals surface area contributed by atoms with Crippen LogP contribution in [0.4, 0.5) is 13.2 Å². The van der Waals surface area contributed by atoms with Gasteiger partial charge in [-0.2, -0.15) is 17.5 Å². The van der Waals surface area contributed by atoms with E-state index in [1.807, 2.05) is 0 Å². The maximum atomic E-state index is 14.1. The molecule has 2 atom stereocenters. The lowest BCUT2D eigenvalue weighted by molar-refractivity contribution is -0.275. The number of rotatable bonds is 5. The van der Waals surface area contributed by atoms with Crippen LogP contribution < -0.4 is 0 Å². The highest BCUT2D eigenvalue weighted by molar-refractivity contribution is 7.93. The summed E-state index contributed by atoms with van der Waals surface area (Å²) in [4.78, 5) is 17.5. The average Bonchev–Trinajstić information content (AvgIpc) is 3.13. The van der Waals surface area contributed by atoms with Crippen LogP contribution in [0.2, 0.25) is 10.0 Å².